The largest absolute Gasteiger partial charge is 0.490 e. The van der Waals surface area contributed by atoms with Gasteiger partial charge in [-0.3, -0.25) is 4.98 Å². The molecule has 32 heavy (non-hydrogen) atoms. The molecule has 2 aromatic heterocycles. The lowest BCUT2D eigenvalue weighted by Gasteiger charge is -2.29. The number of pyridine rings is 1. The van der Waals surface area contributed by atoms with Crippen molar-refractivity contribution < 1.29 is 9.47 Å². The Kier molecular flexibility index (Phi) is 7.24. The first kappa shape index (κ1) is 23.3. The van der Waals surface area contributed by atoms with E-state index >= 15 is 0 Å². The molecule has 2 atom stereocenters. The van der Waals surface area contributed by atoms with E-state index in [4.69, 9.17) is 33.3 Å². The van der Waals surface area contributed by atoms with Gasteiger partial charge in [0, 0.05) is 39.5 Å². The van der Waals surface area contributed by atoms with Crippen LogP contribution in [0.25, 0.3) is 0 Å². The van der Waals surface area contributed by atoms with E-state index < -0.39 is 0 Å². The van der Waals surface area contributed by atoms with Crippen LogP contribution in [-0.4, -0.2) is 35.4 Å². The second kappa shape index (κ2) is 9.94. The quantitative estimate of drug-likeness (QED) is 0.218. The molecule has 1 aliphatic heterocycles. The number of hydrogen-bond acceptors (Lipinski definition) is 4. The van der Waals surface area contributed by atoms with E-state index in [0.29, 0.717) is 29.1 Å². The molecule has 0 amide bonds. The molecule has 1 saturated heterocycles. The van der Waals surface area contributed by atoms with Gasteiger partial charge in [0.15, 0.2) is 5.11 Å². The highest BCUT2D eigenvalue weighted by molar-refractivity contribution is 14.1. The van der Waals surface area contributed by atoms with Crippen molar-refractivity contribution in [3.8, 4) is 5.75 Å². The van der Waals surface area contributed by atoms with Crippen molar-refractivity contribution in [1.29, 1.82) is 0 Å². The van der Waals surface area contributed by atoms with Crippen molar-refractivity contribution in [2.75, 3.05) is 25.2 Å². The summed E-state index contributed by atoms with van der Waals surface area (Å²) in [6.45, 7) is 5.11. The van der Waals surface area contributed by atoms with Crippen LogP contribution in [0.15, 0.2) is 42.6 Å². The number of ether oxygens (including phenoxy) is 2. The molecular formula is C23H24ClIN4O2S. The molecule has 1 aliphatic rings. The van der Waals surface area contributed by atoms with Crippen LogP contribution in [0.3, 0.4) is 0 Å². The molecular weight excluding hydrogens is 559 g/mol. The van der Waals surface area contributed by atoms with E-state index in [-0.39, 0.29) is 12.1 Å². The number of nitrogens with one attached hydrogen (secondary N) is 2. The first-order valence-corrected chi connectivity index (χ1v) is 12.1. The number of hydrogen-bond donors (Lipinski definition) is 2. The van der Waals surface area contributed by atoms with Crippen molar-refractivity contribution >= 4 is 57.2 Å². The highest BCUT2D eigenvalue weighted by Gasteiger charge is 2.43. The van der Waals surface area contributed by atoms with Gasteiger partial charge >= 0.3 is 0 Å². The summed E-state index contributed by atoms with van der Waals surface area (Å²) in [5.41, 5.74) is 5.27. The van der Waals surface area contributed by atoms with E-state index in [1.165, 1.54) is 9.13 Å². The second-order valence-electron chi connectivity index (χ2n) is 7.56. The number of aromatic nitrogens is 2. The van der Waals surface area contributed by atoms with Crippen LogP contribution in [-0.2, 0) is 4.74 Å². The summed E-state index contributed by atoms with van der Waals surface area (Å²) in [6, 6.07) is 11.5. The van der Waals surface area contributed by atoms with Gasteiger partial charge < -0.3 is 24.7 Å². The van der Waals surface area contributed by atoms with Crippen LogP contribution in [0.2, 0.25) is 5.02 Å². The topological polar surface area (TPSA) is 62.4 Å². The van der Waals surface area contributed by atoms with Crippen LogP contribution in [0.4, 0.5) is 5.69 Å². The Hall–Kier alpha value is -1.88. The zero-order valence-corrected chi connectivity index (χ0v) is 21.7. The van der Waals surface area contributed by atoms with Crippen LogP contribution < -0.4 is 15.0 Å². The maximum atomic E-state index is 6.57. The third kappa shape index (κ3) is 4.46. The minimum Gasteiger partial charge on any atom is -0.490 e. The van der Waals surface area contributed by atoms with Crippen molar-refractivity contribution in [2.24, 2.45) is 0 Å². The third-order valence-corrected chi connectivity index (χ3v) is 7.48. The molecule has 0 radical (unpaired) electrons. The Morgan fingerprint density at radius 3 is 2.62 bits per heavy atom. The monoisotopic (exact) mass is 582 g/mol. The smallest absolute Gasteiger partial charge is 0.174 e. The molecule has 4 rings (SSSR count). The zero-order valence-electron chi connectivity index (χ0n) is 18.0. The number of aryl methyl sites for hydroxylation is 2. The summed E-state index contributed by atoms with van der Waals surface area (Å²) >= 11 is 14.8. The average molecular weight is 583 g/mol. The number of rotatable bonds is 7. The summed E-state index contributed by atoms with van der Waals surface area (Å²) in [5, 5.41) is 4.65. The Labute approximate surface area is 211 Å². The Balaban J connectivity index is 1.77. The summed E-state index contributed by atoms with van der Waals surface area (Å²) in [5.74, 6) is 0.617. The zero-order chi connectivity index (χ0) is 22.8. The van der Waals surface area contributed by atoms with E-state index in [1.807, 2.05) is 42.6 Å². The molecule has 2 N–H and O–H groups in total. The molecule has 3 aromatic rings. The van der Waals surface area contributed by atoms with Crippen LogP contribution in [0, 0.1) is 17.4 Å². The lowest BCUT2D eigenvalue weighted by atomic mass is 9.96. The predicted molar refractivity (Wildman–Crippen MR) is 140 cm³/mol. The fourth-order valence-electron chi connectivity index (χ4n) is 4.04. The van der Waals surface area contributed by atoms with E-state index in [0.717, 1.165) is 22.8 Å². The van der Waals surface area contributed by atoms with Crippen LogP contribution >= 0.6 is 46.4 Å². The lowest BCUT2D eigenvalue weighted by molar-refractivity contribution is 0.146. The summed E-state index contributed by atoms with van der Waals surface area (Å²) in [6.07, 6.45) is 1.81. The van der Waals surface area contributed by atoms with Gasteiger partial charge in [-0.15, -0.1) is 0 Å². The number of halogens is 2. The van der Waals surface area contributed by atoms with Crippen molar-refractivity contribution in [3.05, 3.63) is 73.8 Å². The molecule has 0 saturated carbocycles. The Bertz CT molecular complexity index is 1120. The highest BCUT2D eigenvalue weighted by atomic mass is 127. The number of nitrogens with zero attached hydrogens (tertiary/aromatic N) is 2. The molecule has 0 unspecified atom stereocenters. The fourth-order valence-corrected chi connectivity index (χ4v) is 5.47. The number of H-pyrrole nitrogens is 1. The molecule has 1 fully saturated rings. The summed E-state index contributed by atoms with van der Waals surface area (Å²) in [4.78, 5) is 10.2. The van der Waals surface area contributed by atoms with Crippen molar-refractivity contribution in [2.45, 2.75) is 25.9 Å². The molecule has 3 heterocycles. The van der Waals surface area contributed by atoms with Gasteiger partial charge in [0.2, 0.25) is 0 Å². The van der Waals surface area contributed by atoms with Gasteiger partial charge in [-0.1, -0.05) is 17.7 Å². The summed E-state index contributed by atoms with van der Waals surface area (Å²) < 4.78 is 12.0. The van der Waals surface area contributed by atoms with Gasteiger partial charge in [0.1, 0.15) is 12.4 Å². The van der Waals surface area contributed by atoms with Crippen molar-refractivity contribution in [1.82, 2.24) is 15.3 Å². The second-order valence-corrected chi connectivity index (χ2v) is 9.43. The molecule has 0 bridgehead atoms. The van der Waals surface area contributed by atoms with Crippen LogP contribution in [0.1, 0.15) is 34.7 Å². The SMILES string of the molecule is COCCOc1ccc(N2C(=S)N[C@@H](c3ccccn3)[C@H]2c2c(C)[nH]c(C)c2I)cc1Cl. The highest BCUT2D eigenvalue weighted by Crippen LogP contribution is 2.45. The van der Waals surface area contributed by atoms with E-state index in [2.05, 4.69) is 56.6 Å². The third-order valence-electron chi connectivity index (χ3n) is 5.48. The van der Waals surface area contributed by atoms with Gasteiger partial charge in [0.25, 0.3) is 0 Å². The molecule has 6 nitrogen and oxygen atoms in total. The van der Waals surface area contributed by atoms with Gasteiger partial charge in [-0.05, 0) is 79.0 Å². The number of anilines is 1. The maximum absolute atomic E-state index is 6.57. The van der Waals surface area contributed by atoms with Gasteiger partial charge in [-0.25, -0.2) is 0 Å². The number of thiocarbonyl (C=S) groups is 1. The van der Waals surface area contributed by atoms with Crippen LogP contribution in [0.5, 0.6) is 5.75 Å². The first-order chi connectivity index (χ1) is 15.4. The molecule has 0 spiro atoms. The standard InChI is InChI=1S/C23H24ClIN4O2S/c1-13-19(20(25)14(2)27-13)22-21(17-6-4-5-9-26-17)28-23(32)29(22)15-7-8-18(16(24)12-15)31-11-10-30-3/h4-9,12,21-22,27H,10-11H2,1-3H3,(H,28,32)/t21-,22+/m0/s1. The molecule has 9 heteroatoms. The number of benzene rings is 1. The number of methoxy groups -OCH3 is 1. The summed E-state index contributed by atoms with van der Waals surface area (Å²) in [7, 11) is 1.64. The Morgan fingerprint density at radius 1 is 1.19 bits per heavy atom. The molecule has 1 aromatic carbocycles. The lowest BCUT2D eigenvalue weighted by Crippen LogP contribution is -2.29. The minimum absolute atomic E-state index is 0.0921. The van der Waals surface area contributed by atoms with Gasteiger partial charge in [-0.2, -0.15) is 0 Å². The predicted octanol–water partition coefficient (Wildman–Crippen LogP) is 5.49. The maximum Gasteiger partial charge on any atom is 0.174 e. The molecule has 168 valence electrons. The molecule has 0 aliphatic carbocycles. The Morgan fingerprint density at radius 2 is 2.00 bits per heavy atom. The van der Waals surface area contributed by atoms with E-state index in [1.54, 1.807) is 7.11 Å². The van der Waals surface area contributed by atoms with Crippen molar-refractivity contribution in [3.63, 3.8) is 0 Å². The van der Waals surface area contributed by atoms with E-state index in [9.17, 15) is 0 Å². The average Bonchev–Trinajstić information content (AvgIpc) is 3.24. The first-order valence-electron chi connectivity index (χ1n) is 10.2. The minimum atomic E-state index is -0.109. The van der Waals surface area contributed by atoms with Gasteiger partial charge in [0.05, 0.1) is 29.4 Å². The fraction of sp³-hybridized carbons (Fsp3) is 0.304. The number of aromatic amines is 1. The normalized spacial score (nSPS) is 18.2.